The van der Waals surface area contributed by atoms with Gasteiger partial charge in [0.2, 0.25) is 5.44 Å². The lowest BCUT2D eigenvalue weighted by Gasteiger charge is -2.41. The quantitative estimate of drug-likeness (QED) is 0.313. The first-order chi connectivity index (χ1) is 12.4. The lowest BCUT2D eigenvalue weighted by atomic mass is 9.90. The number of nitrogens with zero attached hydrogens (tertiary/aromatic N) is 2. The minimum absolute atomic E-state index is 0.403. The normalized spacial score (nSPS) is 19.2. The van der Waals surface area contributed by atoms with Crippen LogP contribution in [-0.4, -0.2) is 62.9 Å². The van der Waals surface area contributed by atoms with Crippen molar-refractivity contribution in [3.8, 4) is 0 Å². The minimum atomic E-state index is -2.08. The second kappa shape index (κ2) is 9.85. The van der Waals surface area contributed by atoms with E-state index in [1.54, 1.807) is 18.7 Å². The Morgan fingerprint density at radius 2 is 2.00 bits per heavy atom. The zero-order chi connectivity index (χ0) is 19.2. The van der Waals surface area contributed by atoms with Crippen LogP contribution < -0.4 is 0 Å². The average Bonchev–Trinajstić information content (AvgIpc) is 2.65. The summed E-state index contributed by atoms with van der Waals surface area (Å²) in [7, 11) is 0. The third-order valence-electron chi connectivity index (χ3n) is 4.56. The van der Waals surface area contributed by atoms with Gasteiger partial charge in [0.15, 0.2) is 11.1 Å². The van der Waals surface area contributed by atoms with Crippen molar-refractivity contribution in [1.29, 1.82) is 0 Å². The van der Waals surface area contributed by atoms with E-state index >= 15 is 0 Å². The van der Waals surface area contributed by atoms with Gasteiger partial charge in [0.25, 0.3) is 0 Å². The van der Waals surface area contributed by atoms with Gasteiger partial charge in [-0.2, -0.15) is 0 Å². The van der Waals surface area contributed by atoms with Crippen LogP contribution in [0.5, 0.6) is 0 Å². The zero-order valence-electron chi connectivity index (χ0n) is 15.8. The van der Waals surface area contributed by atoms with Crippen molar-refractivity contribution in [3.63, 3.8) is 0 Å². The highest BCUT2D eigenvalue weighted by Gasteiger charge is 2.35. The smallest absolute Gasteiger partial charge is 0.226 e. The first kappa shape index (κ1) is 21.4. The molecular formula is C18H28N2O4S2. The van der Waals surface area contributed by atoms with Crippen molar-refractivity contribution in [1.82, 2.24) is 4.90 Å². The summed E-state index contributed by atoms with van der Waals surface area (Å²) in [6.45, 7) is 8.96. The van der Waals surface area contributed by atoms with Crippen LogP contribution in [0.3, 0.4) is 0 Å². The number of hydrogen-bond acceptors (Lipinski definition) is 6. The molecular weight excluding hydrogens is 372 g/mol. The van der Waals surface area contributed by atoms with Crippen LogP contribution in [0, 0.1) is 0 Å². The maximum Gasteiger partial charge on any atom is 0.226 e. The summed E-state index contributed by atoms with van der Waals surface area (Å²) in [4.78, 5) is 8.95. The lowest BCUT2D eigenvalue weighted by Crippen LogP contribution is -2.54. The van der Waals surface area contributed by atoms with Crippen molar-refractivity contribution in [2.45, 2.75) is 43.1 Å². The van der Waals surface area contributed by atoms with E-state index in [0.717, 1.165) is 24.4 Å². The van der Waals surface area contributed by atoms with E-state index in [4.69, 9.17) is 9.57 Å². The molecule has 2 unspecified atom stereocenters. The van der Waals surface area contributed by atoms with Gasteiger partial charge in [0.05, 0.1) is 18.8 Å². The van der Waals surface area contributed by atoms with Crippen LogP contribution in [-0.2, 0) is 20.7 Å². The van der Waals surface area contributed by atoms with Crippen molar-refractivity contribution >= 4 is 28.6 Å². The van der Waals surface area contributed by atoms with E-state index in [9.17, 15) is 8.76 Å². The second-order valence-corrected chi connectivity index (χ2v) is 8.50. The molecule has 8 heteroatoms. The van der Waals surface area contributed by atoms with Crippen molar-refractivity contribution in [2.24, 2.45) is 5.16 Å². The molecule has 146 valence electrons. The number of ether oxygens (including phenoxy) is 1. The van der Waals surface area contributed by atoms with Crippen molar-refractivity contribution < 1.29 is 18.3 Å². The standard InChI is InChI=1S/C18H28N2O4S2/c1-5-16(26(21)22)24-19-17(14-6-8-15(25-4)9-7-14)18(2,3)20-10-12-23-13-11-20/h6-9,16H,5,10-13H2,1-4H3,(H,21,22). The van der Waals surface area contributed by atoms with Gasteiger partial charge in [-0.1, -0.05) is 24.2 Å². The van der Waals surface area contributed by atoms with Crippen LogP contribution in [0.4, 0.5) is 0 Å². The highest BCUT2D eigenvalue weighted by atomic mass is 32.2. The molecule has 0 bridgehead atoms. The molecule has 1 fully saturated rings. The van der Waals surface area contributed by atoms with E-state index < -0.39 is 22.1 Å². The molecule has 0 saturated carbocycles. The molecule has 1 heterocycles. The molecule has 0 amide bonds. The Hall–Kier alpha value is -0.930. The first-order valence-electron chi connectivity index (χ1n) is 8.71. The Kier molecular flexibility index (Phi) is 8.09. The Balaban J connectivity index is 2.37. The second-order valence-electron chi connectivity index (χ2n) is 6.55. The fourth-order valence-electron chi connectivity index (χ4n) is 2.90. The average molecular weight is 401 g/mol. The number of hydrogen-bond donors (Lipinski definition) is 1. The molecule has 1 aliphatic rings. The molecule has 1 aromatic carbocycles. The largest absolute Gasteiger partial charge is 0.379 e. The number of morpholine rings is 1. The highest BCUT2D eigenvalue weighted by molar-refractivity contribution is 7.98. The lowest BCUT2D eigenvalue weighted by molar-refractivity contribution is 0.00840. The highest BCUT2D eigenvalue weighted by Crippen LogP contribution is 2.25. The zero-order valence-corrected chi connectivity index (χ0v) is 17.4. The molecule has 2 rings (SSSR count). The topological polar surface area (TPSA) is 71.4 Å². The number of oxime groups is 1. The van der Waals surface area contributed by atoms with Gasteiger partial charge < -0.3 is 14.1 Å². The summed E-state index contributed by atoms with van der Waals surface area (Å²) in [5.41, 5.74) is 0.449. The van der Waals surface area contributed by atoms with E-state index in [2.05, 4.69) is 23.9 Å². The van der Waals surface area contributed by atoms with E-state index in [0.29, 0.717) is 19.6 Å². The van der Waals surface area contributed by atoms with Gasteiger partial charge in [0.1, 0.15) is 5.71 Å². The predicted octanol–water partition coefficient (Wildman–Crippen LogP) is 3.20. The fraction of sp³-hybridized carbons (Fsp3) is 0.611. The molecule has 1 saturated heterocycles. The summed E-state index contributed by atoms with van der Waals surface area (Å²) in [6.07, 6.45) is 2.44. The number of benzene rings is 1. The molecule has 1 N–H and O–H groups in total. The molecule has 0 aromatic heterocycles. The predicted molar refractivity (Wildman–Crippen MR) is 107 cm³/mol. The monoisotopic (exact) mass is 400 g/mol. The van der Waals surface area contributed by atoms with Crippen LogP contribution in [0.1, 0.15) is 32.8 Å². The third-order valence-corrected chi connectivity index (χ3v) is 6.18. The maximum atomic E-state index is 11.4. The van der Waals surface area contributed by atoms with Crippen LogP contribution in [0.25, 0.3) is 0 Å². The maximum absolute atomic E-state index is 11.4. The molecule has 2 atom stereocenters. The van der Waals surface area contributed by atoms with E-state index in [-0.39, 0.29) is 0 Å². The Morgan fingerprint density at radius 3 is 2.50 bits per heavy atom. The summed E-state index contributed by atoms with van der Waals surface area (Å²) < 4.78 is 26.2. The van der Waals surface area contributed by atoms with Crippen LogP contribution in [0.2, 0.25) is 0 Å². The van der Waals surface area contributed by atoms with Gasteiger partial charge in [-0.3, -0.25) is 4.90 Å². The first-order valence-corrected chi connectivity index (χ1v) is 11.1. The fourth-order valence-corrected chi connectivity index (χ4v) is 3.71. The SMILES string of the molecule is CCC(ON=C(c1ccc(SC)cc1)C(C)(C)N1CCOCC1)S(=O)O. The summed E-state index contributed by atoms with van der Waals surface area (Å²) in [5, 5.41) is 4.36. The Morgan fingerprint density at radius 1 is 1.38 bits per heavy atom. The van der Waals surface area contributed by atoms with Crippen LogP contribution >= 0.6 is 11.8 Å². The Bertz CT molecular complexity index is 629. The number of thioether (sulfide) groups is 1. The van der Waals surface area contributed by atoms with Crippen molar-refractivity contribution in [3.05, 3.63) is 29.8 Å². The molecule has 6 nitrogen and oxygen atoms in total. The third kappa shape index (κ3) is 5.29. The summed E-state index contributed by atoms with van der Waals surface area (Å²) in [5.74, 6) is 0. The van der Waals surface area contributed by atoms with E-state index in [1.165, 1.54) is 4.90 Å². The summed E-state index contributed by atoms with van der Waals surface area (Å²) >= 11 is -0.400. The molecule has 1 aromatic rings. The summed E-state index contributed by atoms with van der Waals surface area (Å²) in [6, 6.07) is 8.14. The molecule has 1 aliphatic heterocycles. The van der Waals surface area contributed by atoms with Gasteiger partial charge in [-0.25, -0.2) is 4.21 Å². The molecule has 26 heavy (non-hydrogen) atoms. The van der Waals surface area contributed by atoms with E-state index in [1.807, 2.05) is 30.5 Å². The molecule has 0 aliphatic carbocycles. The van der Waals surface area contributed by atoms with Gasteiger partial charge >= 0.3 is 0 Å². The van der Waals surface area contributed by atoms with Gasteiger partial charge in [-0.15, -0.1) is 11.8 Å². The Labute approximate surface area is 162 Å². The van der Waals surface area contributed by atoms with Gasteiger partial charge in [-0.05, 0) is 38.7 Å². The minimum Gasteiger partial charge on any atom is -0.379 e. The molecule has 0 radical (unpaired) electrons. The molecule has 0 spiro atoms. The van der Waals surface area contributed by atoms with Crippen molar-refractivity contribution in [2.75, 3.05) is 32.6 Å². The number of rotatable bonds is 8. The van der Waals surface area contributed by atoms with Crippen LogP contribution in [0.15, 0.2) is 34.3 Å². The van der Waals surface area contributed by atoms with Gasteiger partial charge in [0, 0.05) is 23.5 Å².